The van der Waals surface area contributed by atoms with Gasteiger partial charge in [0.2, 0.25) is 5.91 Å². The summed E-state index contributed by atoms with van der Waals surface area (Å²) >= 11 is 5.95. The summed E-state index contributed by atoms with van der Waals surface area (Å²) in [6.45, 7) is 0.307. The standard InChI is InChI=1S/C10H13ClN2O/c1-12-7-10(14)13(2)9-6-4-3-5-8(9)11/h3-6,12H,7H2,1-2H3. The van der Waals surface area contributed by atoms with Crippen molar-refractivity contribution in [3.8, 4) is 0 Å². The molecule has 0 heterocycles. The molecule has 3 nitrogen and oxygen atoms in total. The van der Waals surface area contributed by atoms with Gasteiger partial charge in [0.25, 0.3) is 0 Å². The molecular formula is C10H13ClN2O. The molecule has 0 radical (unpaired) electrons. The molecule has 0 aliphatic rings. The van der Waals surface area contributed by atoms with Gasteiger partial charge < -0.3 is 10.2 Å². The summed E-state index contributed by atoms with van der Waals surface area (Å²) in [7, 11) is 3.44. The fourth-order valence-corrected chi connectivity index (χ4v) is 1.39. The van der Waals surface area contributed by atoms with Crippen LogP contribution in [-0.4, -0.2) is 26.5 Å². The third-order valence-electron chi connectivity index (χ3n) is 1.92. The quantitative estimate of drug-likeness (QED) is 0.824. The van der Waals surface area contributed by atoms with Crippen LogP contribution in [0.2, 0.25) is 5.02 Å². The molecule has 14 heavy (non-hydrogen) atoms. The number of rotatable bonds is 3. The smallest absolute Gasteiger partial charge is 0.240 e. The maximum Gasteiger partial charge on any atom is 0.240 e. The van der Waals surface area contributed by atoms with Crippen molar-refractivity contribution in [2.45, 2.75) is 0 Å². The summed E-state index contributed by atoms with van der Waals surface area (Å²) in [5.41, 5.74) is 0.731. The summed E-state index contributed by atoms with van der Waals surface area (Å²) in [6.07, 6.45) is 0. The SMILES string of the molecule is CNCC(=O)N(C)c1ccccc1Cl. The number of carbonyl (C=O) groups excluding carboxylic acids is 1. The normalized spacial score (nSPS) is 9.93. The van der Waals surface area contributed by atoms with Crippen molar-refractivity contribution in [2.75, 3.05) is 25.5 Å². The highest BCUT2D eigenvalue weighted by atomic mass is 35.5. The Bertz CT molecular complexity index is 328. The van der Waals surface area contributed by atoms with E-state index in [9.17, 15) is 4.79 Å². The van der Waals surface area contributed by atoms with Crippen molar-refractivity contribution in [1.29, 1.82) is 0 Å². The largest absolute Gasteiger partial charge is 0.313 e. The Morgan fingerprint density at radius 1 is 1.50 bits per heavy atom. The van der Waals surface area contributed by atoms with Gasteiger partial charge in [-0.25, -0.2) is 0 Å². The fourth-order valence-electron chi connectivity index (χ4n) is 1.13. The number of nitrogens with one attached hydrogen (secondary N) is 1. The van der Waals surface area contributed by atoms with E-state index in [1.165, 1.54) is 0 Å². The van der Waals surface area contributed by atoms with Crippen LogP contribution in [0.3, 0.4) is 0 Å². The average molecular weight is 213 g/mol. The minimum Gasteiger partial charge on any atom is -0.313 e. The molecule has 1 aromatic rings. The van der Waals surface area contributed by atoms with Crippen LogP contribution in [0.25, 0.3) is 0 Å². The number of carbonyl (C=O) groups is 1. The van der Waals surface area contributed by atoms with Crippen molar-refractivity contribution in [2.24, 2.45) is 0 Å². The van der Waals surface area contributed by atoms with Gasteiger partial charge in [-0.3, -0.25) is 4.79 Å². The van der Waals surface area contributed by atoms with Crippen LogP contribution in [0.4, 0.5) is 5.69 Å². The Hall–Kier alpha value is -1.06. The molecule has 76 valence electrons. The average Bonchev–Trinajstić information content (AvgIpc) is 2.18. The molecule has 0 atom stereocenters. The summed E-state index contributed by atoms with van der Waals surface area (Å²) in [4.78, 5) is 13.0. The second kappa shape index (κ2) is 4.98. The fraction of sp³-hybridized carbons (Fsp3) is 0.300. The van der Waals surface area contributed by atoms with Gasteiger partial charge in [0.05, 0.1) is 17.3 Å². The van der Waals surface area contributed by atoms with E-state index in [1.807, 2.05) is 18.2 Å². The number of nitrogens with zero attached hydrogens (tertiary/aromatic N) is 1. The zero-order chi connectivity index (χ0) is 10.6. The molecule has 0 saturated heterocycles. The third-order valence-corrected chi connectivity index (χ3v) is 2.24. The molecule has 4 heteroatoms. The first-order valence-electron chi connectivity index (χ1n) is 4.32. The van der Waals surface area contributed by atoms with Crippen LogP contribution in [-0.2, 0) is 4.79 Å². The molecule has 1 amide bonds. The monoisotopic (exact) mass is 212 g/mol. The molecule has 1 aromatic carbocycles. The van der Waals surface area contributed by atoms with Gasteiger partial charge in [-0.05, 0) is 19.2 Å². The number of halogens is 1. The van der Waals surface area contributed by atoms with Gasteiger partial charge in [0.15, 0.2) is 0 Å². The van der Waals surface area contributed by atoms with E-state index in [0.717, 1.165) is 5.69 Å². The third kappa shape index (κ3) is 2.47. The number of likely N-dealkylation sites (N-methyl/N-ethyl adjacent to an activating group) is 2. The lowest BCUT2D eigenvalue weighted by atomic mass is 10.3. The lowest BCUT2D eigenvalue weighted by Crippen LogP contribution is -2.34. The first kappa shape index (κ1) is 11.0. The minimum atomic E-state index is -0.0133. The number of anilines is 1. The van der Waals surface area contributed by atoms with E-state index in [1.54, 1.807) is 25.1 Å². The lowest BCUT2D eigenvalue weighted by Gasteiger charge is -2.18. The lowest BCUT2D eigenvalue weighted by molar-refractivity contribution is -0.117. The molecule has 1 rings (SSSR count). The molecule has 0 bridgehead atoms. The van der Waals surface area contributed by atoms with Crippen molar-refractivity contribution < 1.29 is 4.79 Å². The van der Waals surface area contributed by atoms with Crippen molar-refractivity contribution in [3.05, 3.63) is 29.3 Å². The van der Waals surface area contributed by atoms with E-state index >= 15 is 0 Å². The molecule has 0 saturated carbocycles. The van der Waals surface area contributed by atoms with Crippen molar-refractivity contribution >= 4 is 23.2 Å². The van der Waals surface area contributed by atoms with Crippen molar-refractivity contribution in [3.63, 3.8) is 0 Å². The van der Waals surface area contributed by atoms with E-state index in [2.05, 4.69) is 5.32 Å². The number of amides is 1. The van der Waals surface area contributed by atoms with E-state index in [0.29, 0.717) is 11.6 Å². The second-order valence-corrected chi connectivity index (χ2v) is 3.34. The maximum absolute atomic E-state index is 11.5. The summed E-state index contributed by atoms with van der Waals surface area (Å²) in [5.74, 6) is -0.0133. The topological polar surface area (TPSA) is 32.3 Å². The number of hydrogen-bond donors (Lipinski definition) is 1. The second-order valence-electron chi connectivity index (χ2n) is 2.93. The van der Waals surface area contributed by atoms with E-state index in [-0.39, 0.29) is 5.91 Å². The molecule has 0 spiro atoms. The predicted octanol–water partition coefficient (Wildman–Crippen LogP) is 1.52. The van der Waals surface area contributed by atoms with Crippen molar-refractivity contribution in [1.82, 2.24) is 5.32 Å². The van der Waals surface area contributed by atoms with Gasteiger partial charge in [0, 0.05) is 7.05 Å². The zero-order valence-corrected chi connectivity index (χ0v) is 9.01. The van der Waals surface area contributed by atoms with Crippen LogP contribution < -0.4 is 10.2 Å². The van der Waals surface area contributed by atoms with Gasteiger partial charge in [-0.15, -0.1) is 0 Å². The number of benzene rings is 1. The molecule has 0 aliphatic heterocycles. The highest BCUT2D eigenvalue weighted by Gasteiger charge is 2.11. The minimum absolute atomic E-state index is 0.0133. The summed E-state index contributed by atoms with van der Waals surface area (Å²) in [5, 5.41) is 3.39. The maximum atomic E-state index is 11.5. The van der Waals surface area contributed by atoms with Crippen LogP contribution in [0.5, 0.6) is 0 Å². The Kier molecular flexibility index (Phi) is 3.92. The highest BCUT2D eigenvalue weighted by Crippen LogP contribution is 2.23. The van der Waals surface area contributed by atoms with Crippen LogP contribution in [0.15, 0.2) is 24.3 Å². The molecule has 0 fully saturated rings. The first-order chi connectivity index (χ1) is 6.66. The Morgan fingerprint density at radius 2 is 2.14 bits per heavy atom. The highest BCUT2D eigenvalue weighted by molar-refractivity contribution is 6.33. The van der Waals surface area contributed by atoms with E-state index in [4.69, 9.17) is 11.6 Å². The first-order valence-corrected chi connectivity index (χ1v) is 4.70. The number of para-hydroxylation sites is 1. The molecule has 1 N–H and O–H groups in total. The van der Waals surface area contributed by atoms with Gasteiger partial charge in [-0.1, -0.05) is 23.7 Å². The van der Waals surface area contributed by atoms with Gasteiger partial charge in [-0.2, -0.15) is 0 Å². The molecule has 0 unspecified atom stereocenters. The molecule has 0 aliphatic carbocycles. The predicted molar refractivity (Wildman–Crippen MR) is 58.8 cm³/mol. The molecular weight excluding hydrogens is 200 g/mol. The molecule has 0 aromatic heterocycles. The van der Waals surface area contributed by atoms with Crippen LogP contribution in [0.1, 0.15) is 0 Å². The van der Waals surface area contributed by atoms with Crippen LogP contribution in [0, 0.1) is 0 Å². The summed E-state index contributed by atoms with van der Waals surface area (Å²) in [6, 6.07) is 7.27. The Morgan fingerprint density at radius 3 is 2.71 bits per heavy atom. The van der Waals surface area contributed by atoms with Gasteiger partial charge >= 0.3 is 0 Å². The van der Waals surface area contributed by atoms with E-state index < -0.39 is 0 Å². The Balaban J connectivity index is 2.84. The Labute approximate surface area is 88.7 Å². The number of hydrogen-bond acceptors (Lipinski definition) is 2. The zero-order valence-electron chi connectivity index (χ0n) is 8.25. The van der Waals surface area contributed by atoms with Gasteiger partial charge in [0.1, 0.15) is 0 Å². The van der Waals surface area contributed by atoms with Crippen LogP contribution >= 0.6 is 11.6 Å². The summed E-state index contributed by atoms with van der Waals surface area (Å²) < 4.78 is 0.